The molecule has 0 radical (unpaired) electrons. The molecule has 0 spiro atoms. The molecular weight excluding hydrogens is 356 g/mol. The van der Waals surface area contributed by atoms with Gasteiger partial charge in [-0.1, -0.05) is 60.7 Å². The second-order valence-corrected chi connectivity index (χ2v) is 8.50. The van der Waals surface area contributed by atoms with Crippen LogP contribution in [0.25, 0.3) is 6.08 Å². The first-order valence-corrected chi connectivity index (χ1v) is 11.1. The molecule has 0 atom stereocenters. The van der Waals surface area contributed by atoms with E-state index < -0.39 is 8.80 Å². The number of benzene rings is 2. The first-order valence-electron chi connectivity index (χ1n) is 9.40. The molecule has 0 amide bonds. The monoisotopic (exact) mass is 384 g/mol. The Morgan fingerprint density at radius 3 is 1.93 bits per heavy atom. The molecule has 2 aromatic rings. The molecule has 0 heterocycles. The summed E-state index contributed by atoms with van der Waals surface area (Å²) in [6, 6.07) is 17.6. The highest BCUT2D eigenvalue weighted by Gasteiger charge is 2.43. The van der Waals surface area contributed by atoms with Gasteiger partial charge in [0.05, 0.1) is 0 Å². The third kappa shape index (κ3) is 6.25. The van der Waals surface area contributed by atoms with Gasteiger partial charge in [0.2, 0.25) is 0 Å². The van der Waals surface area contributed by atoms with E-state index in [-0.39, 0.29) is 5.78 Å². The molecule has 0 saturated heterocycles. The zero-order valence-corrected chi connectivity index (χ0v) is 17.3. The largest absolute Gasteiger partial charge is 0.537 e. The fraction of sp³-hybridized carbons (Fsp3) is 0.318. The Kier molecular flexibility index (Phi) is 8.61. The van der Waals surface area contributed by atoms with Crippen molar-refractivity contribution in [1.29, 1.82) is 0 Å². The summed E-state index contributed by atoms with van der Waals surface area (Å²) in [5, 5.41) is 0.920. The van der Waals surface area contributed by atoms with Gasteiger partial charge < -0.3 is 13.3 Å². The Hall–Kier alpha value is -2.05. The van der Waals surface area contributed by atoms with E-state index in [4.69, 9.17) is 13.3 Å². The van der Waals surface area contributed by atoms with Crippen molar-refractivity contribution in [2.75, 3.05) is 19.8 Å². The number of hydrogen-bond donors (Lipinski definition) is 0. The van der Waals surface area contributed by atoms with E-state index in [9.17, 15) is 4.79 Å². The van der Waals surface area contributed by atoms with Gasteiger partial charge in [-0.15, -0.1) is 0 Å². The molecule has 2 rings (SSSR count). The van der Waals surface area contributed by atoms with Crippen molar-refractivity contribution in [2.45, 2.75) is 27.2 Å². The maximum Gasteiger partial charge on any atom is 0.537 e. The summed E-state index contributed by atoms with van der Waals surface area (Å²) < 4.78 is 17.8. The number of ketones is 1. The van der Waals surface area contributed by atoms with E-state index in [1.165, 1.54) is 0 Å². The summed E-state index contributed by atoms with van der Waals surface area (Å²) in [5.41, 5.74) is 1.97. The zero-order chi connectivity index (χ0) is 19.5. The number of carbonyl (C=O) groups is 1. The van der Waals surface area contributed by atoms with Gasteiger partial charge in [0.25, 0.3) is 0 Å². The van der Waals surface area contributed by atoms with Crippen LogP contribution in [0, 0.1) is 0 Å². The Balaban J connectivity index is 2.08. The quantitative estimate of drug-likeness (QED) is 0.437. The maximum absolute atomic E-state index is 12.2. The highest BCUT2D eigenvalue weighted by atomic mass is 28.4. The highest BCUT2D eigenvalue weighted by Crippen LogP contribution is 2.12. The smallest absolute Gasteiger partial charge is 0.370 e. The van der Waals surface area contributed by atoms with Crippen LogP contribution in [-0.2, 0) is 24.5 Å². The van der Waals surface area contributed by atoms with Crippen molar-refractivity contribution in [2.24, 2.45) is 0 Å². The van der Waals surface area contributed by atoms with Gasteiger partial charge in [0.1, 0.15) is 0 Å². The first-order chi connectivity index (χ1) is 13.1. The molecule has 5 heteroatoms. The molecule has 0 saturated carbocycles. The summed E-state index contributed by atoms with van der Waals surface area (Å²) in [6.07, 6.45) is 3.83. The van der Waals surface area contributed by atoms with E-state index in [0.717, 1.165) is 16.3 Å². The fourth-order valence-electron chi connectivity index (χ4n) is 2.79. The molecule has 27 heavy (non-hydrogen) atoms. The van der Waals surface area contributed by atoms with Crippen LogP contribution in [0.2, 0.25) is 0 Å². The molecule has 0 aromatic heterocycles. The Bertz CT molecular complexity index is 709. The van der Waals surface area contributed by atoms with Crippen LogP contribution >= 0.6 is 0 Å². The molecule has 0 unspecified atom stereocenters. The molecule has 144 valence electrons. The van der Waals surface area contributed by atoms with Gasteiger partial charge in [0.15, 0.2) is 5.78 Å². The van der Waals surface area contributed by atoms with Crippen LogP contribution in [0.4, 0.5) is 0 Å². The van der Waals surface area contributed by atoms with Gasteiger partial charge in [-0.05, 0) is 38.0 Å². The summed E-state index contributed by atoms with van der Waals surface area (Å²) in [4.78, 5) is 12.2. The summed E-state index contributed by atoms with van der Waals surface area (Å²) >= 11 is 0. The third-order valence-electron chi connectivity index (χ3n) is 3.95. The minimum Gasteiger partial charge on any atom is -0.370 e. The van der Waals surface area contributed by atoms with E-state index in [0.29, 0.717) is 26.2 Å². The van der Waals surface area contributed by atoms with Crippen molar-refractivity contribution in [3.63, 3.8) is 0 Å². The molecule has 4 nitrogen and oxygen atoms in total. The highest BCUT2D eigenvalue weighted by molar-refractivity contribution is 6.75. The lowest BCUT2D eigenvalue weighted by Gasteiger charge is -2.28. The predicted octanol–water partition coefficient (Wildman–Crippen LogP) is 3.77. The molecule has 0 aliphatic heterocycles. The van der Waals surface area contributed by atoms with Gasteiger partial charge >= 0.3 is 8.80 Å². The molecular formula is C22H28O4Si. The number of rotatable bonds is 11. The Morgan fingerprint density at radius 1 is 0.852 bits per heavy atom. The SMILES string of the molecule is CCO[Si](OCC)(OCC)c1ccc(CC(=O)/C=C/c2ccccc2)cc1. The van der Waals surface area contributed by atoms with E-state index >= 15 is 0 Å². The Morgan fingerprint density at radius 2 is 1.41 bits per heavy atom. The number of carbonyl (C=O) groups excluding carboxylic acids is 1. The van der Waals surface area contributed by atoms with Crippen LogP contribution in [0.1, 0.15) is 31.9 Å². The van der Waals surface area contributed by atoms with Gasteiger partial charge in [-0.2, -0.15) is 0 Å². The topological polar surface area (TPSA) is 44.8 Å². The molecule has 0 aliphatic rings. The predicted molar refractivity (Wildman–Crippen MR) is 111 cm³/mol. The Labute approximate surface area is 163 Å². The van der Waals surface area contributed by atoms with Crippen LogP contribution < -0.4 is 5.19 Å². The lowest BCUT2D eigenvalue weighted by molar-refractivity contribution is -0.113. The lowest BCUT2D eigenvalue weighted by Crippen LogP contribution is -2.56. The molecule has 0 bridgehead atoms. The minimum absolute atomic E-state index is 0.0644. The van der Waals surface area contributed by atoms with E-state index in [2.05, 4.69) is 0 Å². The van der Waals surface area contributed by atoms with Gasteiger partial charge in [0, 0.05) is 31.4 Å². The molecule has 0 aliphatic carbocycles. The fourth-order valence-corrected chi connectivity index (χ4v) is 5.25. The summed E-state index contributed by atoms with van der Waals surface area (Å²) in [5.74, 6) is 0.0644. The van der Waals surface area contributed by atoms with Crippen molar-refractivity contribution in [3.05, 3.63) is 71.8 Å². The van der Waals surface area contributed by atoms with E-state index in [1.807, 2.05) is 81.4 Å². The average molecular weight is 385 g/mol. The number of hydrogen-bond acceptors (Lipinski definition) is 4. The molecule has 0 fully saturated rings. The normalized spacial score (nSPS) is 11.8. The van der Waals surface area contributed by atoms with Crippen molar-refractivity contribution in [1.82, 2.24) is 0 Å². The van der Waals surface area contributed by atoms with Crippen molar-refractivity contribution >= 4 is 25.9 Å². The van der Waals surface area contributed by atoms with Crippen LogP contribution in [0.15, 0.2) is 60.7 Å². The van der Waals surface area contributed by atoms with Crippen LogP contribution in [0.5, 0.6) is 0 Å². The third-order valence-corrected chi connectivity index (χ3v) is 7.00. The van der Waals surface area contributed by atoms with E-state index in [1.54, 1.807) is 6.08 Å². The van der Waals surface area contributed by atoms with Gasteiger partial charge in [-0.25, -0.2) is 0 Å². The summed E-state index contributed by atoms with van der Waals surface area (Å²) in [7, 11) is -2.89. The standard InChI is InChI=1S/C22H28O4Si/c1-4-24-27(25-5-2,26-6-3)22-16-13-20(14-17-22)18-21(23)15-12-19-10-8-7-9-11-19/h7-17H,4-6,18H2,1-3H3/b15-12+. The van der Waals surface area contributed by atoms with Crippen LogP contribution in [-0.4, -0.2) is 34.4 Å². The van der Waals surface area contributed by atoms with Crippen molar-refractivity contribution in [3.8, 4) is 0 Å². The van der Waals surface area contributed by atoms with Gasteiger partial charge in [-0.3, -0.25) is 4.79 Å². The molecule has 0 N–H and O–H groups in total. The zero-order valence-electron chi connectivity index (χ0n) is 16.3. The second kappa shape index (κ2) is 10.9. The minimum atomic E-state index is -2.89. The maximum atomic E-state index is 12.2. The summed E-state index contributed by atoms with van der Waals surface area (Å²) in [6.45, 7) is 7.38. The lowest BCUT2D eigenvalue weighted by atomic mass is 10.1. The van der Waals surface area contributed by atoms with Crippen LogP contribution in [0.3, 0.4) is 0 Å². The average Bonchev–Trinajstić information content (AvgIpc) is 2.68. The molecule has 2 aromatic carbocycles. The second-order valence-electron chi connectivity index (χ2n) is 5.94. The number of allylic oxidation sites excluding steroid dienone is 1. The van der Waals surface area contributed by atoms with Crippen molar-refractivity contribution < 1.29 is 18.1 Å². The first kappa shape index (κ1) is 21.2.